The summed E-state index contributed by atoms with van der Waals surface area (Å²) in [7, 11) is 0. The number of amides is 1. The molecule has 2 aliphatic rings. The van der Waals surface area contributed by atoms with Gasteiger partial charge in [0.25, 0.3) is 0 Å². The number of ether oxygens (including phenoxy) is 1. The monoisotopic (exact) mass is 276 g/mol. The summed E-state index contributed by atoms with van der Waals surface area (Å²) < 4.78 is 5.65. The number of hydrogen-bond donors (Lipinski definition) is 1. The van der Waals surface area contributed by atoms with Gasteiger partial charge in [-0.25, -0.2) is 0 Å². The number of halogens is 1. The molecule has 0 radical (unpaired) electrons. The predicted octanol–water partition coefficient (Wildman–Crippen LogP) is 1.58. The van der Waals surface area contributed by atoms with E-state index in [1.807, 2.05) is 25.7 Å². The highest BCUT2D eigenvalue weighted by atomic mass is 35.5. The molecule has 1 amide bonds. The fourth-order valence-corrected chi connectivity index (χ4v) is 2.78. The average molecular weight is 277 g/mol. The van der Waals surface area contributed by atoms with Gasteiger partial charge in [0, 0.05) is 13.1 Å². The van der Waals surface area contributed by atoms with Crippen molar-refractivity contribution >= 4 is 18.3 Å². The molecule has 1 unspecified atom stereocenters. The smallest absolute Gasteiger partial charge is 0.242 e. The lowest BCUT2D eigenvalue weighted by molar-refractivity contribution is -0.153. The van der Waals surface area contributed by atoms with Gasteiger partial charge in [-0.2, -0.15) is 0 Å². The zero-order valence-corrected chi connectivity index (χ0v) is 12.4. The van der Waals surface area contributed by atoms with Crippen molar-refractivity contribution in [3.8, 4) is 0 Å². The van der Waals surface area contributed by atoms with E-state index in [-0.39, 0.29) is 29.5 Å². The first kappa shape index (κ1) is 15.7. The molecule has 0 bridgehead atoms. The molecule has 2 heterocycles. The van der Waals surface area contributed by atoms with Crippen LogP contribution >= 0.6 is 12.4 Å². The highest BCUT2D eigenvalue weighted by Gasteiger charge is 2.40. The van der Waals surface area contributed by atoms with Crippen LogP contribution in [0.4, 0.5) is 0 Å². The molecule has 0 aromatic rings. The molecule has 2 fully saturated rings. The molecule has 0 aliphatic carbocycles. The minimum absolute atomic E-state index is 0. The van der Waals surface area contributed by atoms with Gasteiger partial charge in [0.05, 0.1) is 17.7 Å². The summed E-state index contributed by atoms with van der Waals surface area (Å²) in [5.74, 6) is 0.244. The summed E-state index contributed by atoms with van der Waals surface area (Å²) in [4.78, 5) is 14.5. The molecule has 106 valence electrons. The van der Waals surface area contributed by atoms with Crippen molar-refractivity contribution < 1.29 is 9.53 Å². The van der Waals surface area contributed by atoms with Crippen molar-refractivity contribution in [3.05, 3.63) is 0 Å². The predicted molar refractivity (Wildman–Crippen MR) is 74.1 cm³/mol. The second-order valence-electron chi connectivity index (χ2n) is 6.05. The second kappa shape index (κ2) is 5.76. The molecule has 1 N–H and O–H groups in total. The van der Waals surface area contributed by atoms with Crippen molar-refractivity contribution in [2.75, 3.05) is 26.2 Å². The number of nitrogens with zero attached hydrogens (tertiary/aromatic N) is 1. The Morgan fingerprint density at radius 2 is 2.00 bits per heavy atom. The van der Waals surface area contributed by atoms with Crippen LogP contribution in [0.5, 0.6) is 0 Å². The first-order chi connectivity index (χ1) is 7.93. The zero-order chi connectivity index (χ0) is 12.5. The Morgan fingerprint density at radius 3 is 2.56 bits per heavy atom. The Morgan fingerprint density at radius 1 is 1.28 bits per heavy atom. The molecule has 2 aliphatic heterocycles. The summed E-state index contributed by atoms with van der Waals surface area (Å²) in [6.45, 7) is 9.15. The molecule has 0 aromatic heterocycles. The molecule has 18 heavy (non-hydrogen) atoms. The Balaban J connectivity index is 0.00000162. The van der Waals surface area contributed by atoms with Crippen LogP contribution in [0.3, 0.4) is 0 Å². The third-order valence-electron chi connectivity index (χ3n) is 3.80. The van der Waals surface area contributed by atoms with E-state index in [1.165, 1.54) is 6.42 Å². The molecule has 2 rings (SSSR count). The molecule has 0 spiro atoms. The van der Waals surface area contributed by atoms with E-state index < -0.39 is 0 Å². The van der Waals surface area contributed by atoms with Crippen LogP contribution in [0.25, 0.3) is 0 Å². The number of nitrogens with one attached hydrogen (secondary N) is 1. The van der Waals surface area contributed by atoms with Gasteiger partial charge < -0.3 is 15.0 Å². The third-order valence-corrected chi connectivity index (χ3v) is 3.80. The van der Waals surface area contributed by atoms with Crippen LogP contribution in [-0.2, 0) is 9.53 Å². The zero-order valence-electron chi connectivity index (χ0n) is 11.6. The molecule has 2 saturated heterocycles. The summed E-state index contributed by atoms with van der Waals surface area (Å²) in [5, 5.41) is 3.39. The maximum absolute atomic E-state index is 12.6. The van der Waals surface area contributed by atoms with Crippen LogP contribution < -0.4 is 5.32 Å². The van der Waals surface area contributed by atoms with Crippen LogP contribution in [0, 0.1) is 0 Å². The van der Waals surface area contributed by atoms with Gasteiger partial charge in [-0.3, -0.25) is 4.79 Å². The van der Waals surface area contributed by atoms with E-state index >= 15 is 0 Å². The quantitative estimate of drug-likeness (QED) is 0.791. The normalized spacial score (nSPS) is 31.6. The molecule has 0 aromatic carbocycles. The van der Waals surface area contributed by atoms with E-state index in [9.17, 15) is 4.79 Å². The highest BCUT2D eigenvalue weighted by Crippen LogP contribution is 2.24. The average Bonchev–Trinajstić information content (AvgIpc) is 2.27. The Labute approximate surface area is 116 Å². The van der Waals surface area contributed by atoms with Crippen molar-refractivity contribution in [3.63, 3.8) is 0 Å². The summed E-state index contributed by atoms with van der Waals surface area (Å²) >= 11 is 0. The van der Waals surface area contributed by atoms with Crippen molar-refractivity contribution in [2.45, 2.75) is 51.2 Å². The first-order valence-electron chi connectivity index (χ1n) is 6.61. The third kappa shape index (κ3) is 3.37. The summed E-state index contributed by atoms with van der Waals surface area (Å²) in [5.41, 5.74) is -0.565. The van der Waals surface area contributed by atoms with Crippen LogP contribution in [0.1, 0.15) is 40.0 Å². The lowest BCUT2D eigenvalue weighted by Gasteiger charge is -2.43. The van der Waals surface area contributed by atoms with Crippen LogP contribution in [0.2, 0.25) is 0 Å². The standard InChI is InChI=1S/C13H24N2O2.ClH/c1-12(2)10-15(8-9-17-12)11(16)13(3)6-4-5-7-14-13;/h14H,4-10H2,1-3H3;1H. The van der Waals surface area contributed by atoms with Gasteiger partial charge in [-0.05, 0) is 46.6 Å². The maximum Gasteiger partial charge on any atom is 0.242 e. The van der Waals surface area contributed by atoms with Gasteiger partial charge >= 0.3 is 0 Å². The molecule has 0 saturated carbocycles. The Bertz CT molecular complexity index is 301. The highest BCUT2D eigenvalue weighted by molar-refractivity contribution is 5.86. The molecular formula is C13H25ClN2O2. The number of morpholine rings is 1. The van der Waals surface area contributed by atoms with Crippen molar-refractivity contribution in [1.29, 1.82) is 0 Å². The van der Waals surface area contributed by atoms with E-state index in [4.69, 9.17) is 4.74 Å². The van der Waals surface area contributed by atoms with Gasteiger partial charge in [0.2, 0.25) is 5.91 Å². The van der Waals surface area contributed by atoms with E-state index in [2.05, 4.69) is 5.32 Å². The maximum atomic E-state index is 12.6. The van der Waals surface area contributed by atoms with E-state index in [1.54, 1.807) is 0 Å². The first-order valence-corrected chi connectivity index (χ1v) is 6.61. The number of piperidine rings is 1. The number of rotatable bonds is 1. The topological polar surface area (TPSA) is 41.6 Å². The minimum atomic E-state index is -0.355. The van der Waals surface area contributed by atoms with E-state index in [0.29, 0.717) is 13.2 Å². The van der Waals surface area contributed by atoms with Gasteiger partial charge in [0.15, 0.2) is 0 Å². The largest absolute Gasteiger partial charge is 0.372 e. The molecular weight excluding hydrogens is 252 g/mol. The summed E-state index contributed by atoms with van der Waals surface area (Å²) in [6, 6.07) is 0. The molecule has 1 atom stereocenters. The fourth-order valence-electron chi connectivity index (χ4n) is 2.78. The lowest BCUT2D eigenvalue weighted by atomic mass is 9.89. The van der Waals surface area contributed by atoms with E-state index in [0.717, 1.165) is 25.9 Å². The van der Waals surface area contributed by atoms with Gasteiger partial charge in [0.1, 0.15) is 0 Å². The van der Waals surface area contributed by atoms with Gasteiger partial charge in [-0.1, -0.05) is 0 Å². The fraction of sp³-hybridized carbons (Fsp3) is 0.923. The SMILES string of the molecule is CC1(C)CN(C(=O)C2(C)CCCCN2)CCO1.Cl. The number of carbonyl (C=O) groups excluding carboxylic acids is 1. The minimum Gasteiger partial charge on any atom is -0.372 e. The van der Waals surface area contributed by atoms with Crippen molar-refractivity contribution in [1.82, 2.24) is 10.2 Å². The number of hydrogen-bond acceptors (Lipinski definition) is 3. The molecule has 4 nitrogen and oxygen atoms in total. The lowest BCUT2D eigenvalue weighted by Crippen LogP contribution is -2.62. The van der Waals surface area contributed by atoms with Crippen LogP contribution in [0.15, 0.2) is 0 Å². The summed E-state index contributed by atoms with van der Waals surface area (Å²) in [6.07, 6.45) is 3.27. The molecule has 5 heteroatoms. The van der Waals surface area contributed by atoms with Crippen molar-refractivity contribution in [2.24, 2.45) is 0 Å². The Kier molecular flexibility index (Phi) is 5.04. The van der Waals surface area contributed by atoms with Gasteiger partial charge in [-0.15, -0.1) is 12.4 Å². The Hall–Kier alpha value is -0.320. The second-order valence-corrected chi connectivity index (χ2v) is 6.05. The van der Waals surface area contributed by atoms with Crippen LogP contribution in [-0.4, -0.2) is 48.2 Å². The number of carbonyl (C=O) groups is 1.